The molecule has 0 aromatic heterocycles. The molecule has 2 atom stereocenters. The third-order valence-electron chi connectivity index (χ3n) is 4.00. The van der Waals surface area contributed by atoms with E-state index in [2.05, 4.69) is 39.3 Å². The van der Waals surface area contributed by atoms with Crippen molar-refractivity contribution >= 4 is 22.4 Å². The lowest BCUT2D eigenvalue weighted by Gasteiger charge is -2.50. The first-order chi connectivity index (χ1) is 11.0. The minimum absolute atomic E-state index is 0.152. The molecule has 0 bridgehead atoms. The summed E-state index contributed by atoms with van der Waals surface area (Å²) in [6.07, 6.45) is 0.863. The molecule has 1 aromatic carbocycles. The van der Waals surface area contributed by atoms with Crippen LogP contribution in [-0.4, -0.2) is 35.1 Å². The van der Waals surface area contributed by atoms with E-state index in [9.17, 15) is 4.79 Å². The van der Waals surface area contributed by atoms with Gasteiger partial charge in [0.25, 0.3) is 0 Å². The number of hydrogen-bond acceptors (Lipinski definition) is 4. The van der Waals surface area contributed by atoms with Crippen LogP contribution in [0.5, 0.6) is 5.75 Å². The number of hydrogen-bond donors (Lipinski definition) is 0. The Kier molecular flexibility index (Phi) is 5.44. The van der Waals surface area contributed by atoms with E-state index in [1.54, 1.807) is 7.11 Å². The lowest BCUT2D eigenvalue weighted by atomic mass is 9.72. The Morgan fingerprint density at radius 2 is 1.67 bits per heavy atom. The zero-order chi connectivity index (χ0) is 18.2. The van der Waals surface area contributed by atoms with Gasteiger partial charge in [-0.3, -0.25) is 4.79 Å². The first-order valence-electron chi connectivity index (χ1n) is 8.53. The second kappa shape index (κ2) is 6.74. The summed E-state index contributed by atoms with van der Waals surface area (Å²) in [5.41, 5.74) is 0.0491. The second-order valence-electron chi connectivity index (χ2n) is 8.38. The van der Waals surface area contributed by atoms with E-state index in [0.717, 1.165) is 11.3 Å². The van der Waals surface area contributed by atoms with Crippen molar-refractivity contribution in [3.8, 4) is 5.75 Å². The molecule has 0 amide bonds. The Balaban J connectivity index is 2.54. The minimum Gasteiger partial charge on any atom is -0.496 e. The maximum absolute atomic E-state index is 12.7. The number of Topliss-reactive ketones (excluding diaryl/α,β-unsaturated/α-hetero) is 1. The number of carbonyl (C=O) groups is 1. The smallest absolute Gasteiger partial charge is 0.185 e. The van der Waals surface area contributed by atoms with Crippen LogP contribution in [-0.2, 0) is 13.6 Å². The average Bonchev–Trinajstić information content (AvgIpc) is 2.47. The molecule has 6 heteroatoms. The van der Waals surface area contributed by atoms with E-state index in [4.69, 9.17) is 13.6 Å². The molecular weight excluding hydrogens is 336 g/mol. The third kappa shape index (κ3) is 4.17. The summed E-state index contributed by atoms with van der Waals surface area (Å²) in [6, 6.07) is 7.80. The molecule has 0 radical (unpaired) electrons. The standard InChI is InChI=1S/C18H30O4Si2/c1-20-15-11-9-8-10-14(15)17(21-23(2,3)4)18(13-12-16(18)19)22-24(5,6)7/h8-11,17H,12-13H2,1-7H3. The van der Waals surface area contributed by atoms with Crippen LogP contribution in [0.15, 0.2) is 24.3 Å². The van der Waals surface area contributed by atoms with E-state index >= 15 is 0 Å². The van der Waals surface area contributed by atoms with Crippen LogP contribution in [0.4, 0.5) is 0 Å². The average molecular weight is 367 g/mol. The van der Waals surface area contributed by atoms with Crippen LogP contribution >= 0.6 is 0 Å². The van der Waals surface area contributed by atoms with Crippen molar-refractivity contribution in [1.82, 2.24) is 0 Å². The van der Waals surface area contributed by atoms with Gasteiger partial charge in [-0.05, 0) is 51.8 Å². The van der Waals surface area contributed by atoms with Gasteiger partial charge in [0, 0.05) is 12.0 Å². The van der Waals surface area contributed by atoms with E-state index in [1.807, 2.05) is 24.3 Å². The highest BCUT2D eigenvalue weighted by Gasteiger charge is 2.57. The first-order valence-corrected chi connectivity index (χ1v) is 15.3. The van der Waals surface area contributed by atoms with Crippen LogP contribution < -0.4 is 4.74 Å². The Morgan fingerprint density at radius 3 is 2.08 bits per heavy atom. The maximum Gasteiger partial charge on any atom is 0.185 e. The molecule has 2 rings (SSSR count). The Labute approximate surface area is 147 Å². The van der Waals surface area contributed by atoms with Gasteiger partial charge in [0.15, 0.2) is 22.4 Å². The summed E-state index contributed by atoms with van der Waals surface area (Å²) >= 11 is 0. The summed E-state index contributed by atoms with van der Waals surface area (Å²) in [5.74, 6) is 0.901. The van der Waals surface area contributed by atoms with E-state index < -0.39 is 28.3 Å². The lowest BCUT2D eigenvalue weighted by Crippen LogP contribution is -2.60. The number of ether oxygens (including phenoxy) is 1. The van der Waals surface area contributed by atoms with Gasteiger partial charge in [0.05, 0.1) is 7.11 Å². The van der Waals surface area contributed by atoms with Crippen LogP contribution in [0.2, 0.25) is 39.3 Å². The van der Waals surface area contributed by atoms with Crippen LogP contribution in [0.25, 0.3) is 0 Å². The van der Waals surface area contributed by atoms with Gasteiger partial charge < -0.3 is 13.6 Å². The number of carbonyl (C=O) groups excluding carboxylic acids is 1. The van der Waals surface area contributed by atoms with E-state index in [1.165, 1.54) is 0 Å². The van der Waals surface area contributed by atoms with Crippen molar-refractivity contribution in [3.05, 3.63) is 29.8 Å². The minimum atomic E-state index is -1.93. The molecule has 0 heterocycles. The van der Waals surface area contributed by atoms with Crippen molar-refractivity contribution in [2.75, 3.05) is 7.11 Å². The predicted octanol–water partition coefficient (Wildman–Crippen LogP) is 4.54. The van der Waals surface area contributed by atoms with Gasteiger partial charge in [-0.2, -0.15) is 0 Å². The van der Waals surface area contributed by atoms with Crippen molar-refractivity contribution in [3.63, 3.8) is 0 Å². The van der Waals surface area contributed by atoms with Crippen LogP contribution in [0, 0.1) is 0 Å². The molecule has 0 aliphatic heterocycles. The molecule has 0 spiro atoms. The third-order valence-corrected chi connectivity index (χ3v) is 5.92. The molecular formula is C18H30O4Si2. The summed E-state index contributed by atoms with van der Waals surface area (Å²) in [5, 5.41) is 0. The molecule has 0 saturated heterocycles. The molecule has 1 fully saturated rings. The number of rotatable bonds is 7. The molecule has 2 unspecified atom stereocenters. The highest BCUT2D eigenvalue weighted by atomic mass is 28.4. The summed E-state index contributed by atoms with van der Waals surface area (Å²) in [4.78, 5) is 12.7. The van der Waals surface area contributed by atoms with Gasteiger partial charge in [-0.25, -0.2) is 0 Å². The monoisotopic (exact) mass is 366 g/mol. The van der Waals surface area contributed by atoms with Crippen molar-refractivity contribution in [2.24, 2.45) is 0 Å². The van der Waals surface area contributed by atoms with Gasteiger partial charge in [-0.1, -0.05) is 18.2 Å². The fraction of sp³-hybridized carbons (Fsp3) is 0.611. The molecule has 1 aromatic rings. The van der Waals surface area contributed by atoms with Gasteiger partial charge in [0.2, 0.25) is 0 Å². The number of benzene rings is 1. The van der Waals surface area contributed by atoms with Gasteiger partial charge >= 0.3 is 0 Å². The normalized spacial score (nSPS) is 22.9. The quantitative estimate of drug-likeness (QED) is 0.665. The number of para-hydroxylation sites is 1. The van der Waals surface area contributed by atoms with Crippen molar-refractivity contribution < 1.29 is 18.4 Å². The zero-order valence-electron chi connectivity index (χ0n) is 15.9. The molecule has 1 aliphatic rings. The fourth-order valence-electron chi connectivity index (χ4n) is 3.11. The van der Waals surface area contributed by atoms with Gasteiger partial charge in [0.1, 0.15) is 17.5 Å². The zero-order valence-corrected chi connectivity index (χ0v) is 17.9. The summed E-state index contributed by atoms with van der Waals surface area (Å²) < 4.78 is 18.5. The lowest BCUT2D eigenvalue weighted by molar-refractivity contribution is -0.162. The number of ketones is 1. The fourth-order valence-corrected chi connectivity index (χ4v) is 5.55. The van der Waals surface area contributed by atoms with Crippen molar-refractivity contribution in [2.45, 2.75) is 63.8 Å². The van der Waals surface area contributed by atoms with E-state index in [0.29, 0.717) is 12.8 Å². The van der Waals surface area contributed by atoms with Crippen molar-refractivity contribution in [1.29, 1.82) is 0 Å². The number of methoxy groups -OCH3 is 1. The predicted molar refractivity (Wildman–Crippen MR) is 102 cm³/mol. The maximum atomic E-state index is 12.7. The molecule has 134 valence electrons. The highest BCUT2D eigenvalue weighted by Crippen LogP contribution is 2.49. The Bertz CT molecular complexity index is 604. The first kappa shape index (κ1) is 19.4. The SMILES string of the molecule is COc1ccccc1C(O[Si](C)(C)C)C1(O[Si](C)(C)C)CCC1=O. The van der Waals surface area contributed by atoms with E-state index in [-0.39, 0.29) is 5.78 Å². The summed E-state index contributed by atoms with van der Waals surface area (Å²) in [6.45, 7) is 12.8. The largest absolute Gasteiger partial charge is 0.496 e. The van der Waals surface area contributed by atoms with Gasteiger partial charge in [-0.15, -0.1) is 0 Å². The highest BCUT2D eigenvalue weighted by molar-refractivity contribution is 6.70. The Hall–Kier alpha value is -0.956. The molecule has 1 aliphatic carbocycles. The molecule has 1 saturated carbocycles. The van der Waals surface area contributed by atoms with Crippen LogP contribution in [0.1, 0.15) is 24.5 Å². The Morgan fingerprint density at radius 1 is 1.04 bits per heavy atom. The topological polar surface area (TPSA) is 44.8 Å². The molecule has 0 N–H and O–H groups in total. The van der Waals surface area contributed by atoms with Crippen LogP contribution in [0.3, 0.4) is 0 Å². The molecule has 4 nitrogen and oxygen atoms in total. The molecule has 24 heavy (non-hydrogen) atoms. The second-order valence-corrected chi connectivity index (χ2v) is 17.3. The summed E-state index contributed by atoms with van der Waals surface area (Å²) in [7, 11) is -2.19.